The average Bonchev–Trinajstić information content (AvgIpc) is 2.78. The molecule has 98 valence electrons. The predicted molar refractivity (Wildman–Crippen MR) is 68.7 cm³/mol. The summed E-state index contributed by atoms with van der Waals surface area (Å²) in [5, 5.41) is 6.26. The number of carbonyl (C=O) groups excluding carboxylic acids is 1. The molecular weight excluding hydrogens is 231 g/mol. The minimum absolute atomic E-state index is 0.00488. The molecule has 0 spiro atoms. The van der Waals surface area contributed by atoms with Crippen molar-refractivity contribution < 1.29 is 9.18 Å². The van der Waals surface area contributed by atoms with E-state index in [9.17, 15) is 9.18 Å². The molecule has 1 unspecified atom stereocenters. The van der Waals surface area contributed by atoms with E-state index in [4.69, 9.17) is 0 Å². The Kier molecular flexibility index (Phi) is 3.97. The lowest BCUT2D eigenvalue weighted by molar-refractivity contribution is -0.120. The molecule has 4 heteroatoms. The van der Waals surface area contributed by atoms with Crippen molar-refractivity contribution in [3.63, 3.8) is 0 Å². The Bertz CT molecular complexity index is 410. The number of benzene rings is 1. The van der Waals surface area contributed by atoms with Crippen LogP contribution in [0.25, 0.3) is 0 Å². The largest absolute Gasteiger partial charge is 0.355 e. The standard InChI is InChI=1S/C14H19FN2O/c1-14(6-7-16-9-14)10-17-13(18)8-11-2-4-12(15)5-3-11/h2-5,16H,6-10H2,1H3,(H,17,18). The molecule has 1 aromatic rings. The highest BCUT2D eigenvalue weighted by Crippen LogP contribution is 2.22. The summed E-state index contributed by atoms with van der Waals surface area (Å²) < 4.78 is 12.7. The zero-order chi connectivity index (χ0) is 13.0. The molecule has 3 nitrogen and oxygen atoms in total. The van der Waals surface area contributed by atoms with Crippen LogP contribution in [0.2, 0.25) is 0 Å². The van der Waals surface area contributed by atoms with E-state index in [-0.39, 0.29) is 17.1 Å². The van der Waals surface area contributed by atoms with E-state index in [2.05, 4.69) is 17.6 Å². The molecule has 1 aromatic carbocycles. The van der Waals surface area contributed by atoms with Gasteiger partial charge in [0.05, 0.1) is 6.42 Å². The lowest BCUT2D eigenvalue weighted by Gasteiger charge is -2.22. The van der Waals surface area contributed by atoms with E-state index >= 15 is 0 Å². The monoisotopic (exact) mass is 250 g/mol. The summed E-state index contributed by atoms with van der Waals surface area (Å²) in [7, 11) is 0. The van der Waals surface area contributed by atoms with Gasteiger partial charge in [-0.1, -0.05) is 19.1 Å². The van der Waals surface area contributed by atoms with E-state index in [1.54, 1.807) is 12.1 Å². The van der Waals surface area contributed by atoms with Gasteiger partial charge in [-0.05, 0) is 36.1 Å². The van der Waals surface area contributed by atoms with Crippen LogP contribution in [0.4, 0.5) is 4.39 Å². The van der Waals surface area contributed by atoms with Crippen molar-refractivity contribution in [2.45, 2.75) is 19.8 Å². The van der Waals surface area contributed by atoms with Crippen molar-refractivity contribution in [2.75, 3.05) is 19.6 Å². The summed E-state index contributed by atoms with van der Waals surface area (Å²) in [4.78, 5) is 11.8. The zero-order valence-electron chi connectivity index (χ0n) is 10.6. The molecule has 18 heavy (non-hydrogen) atoms. The van der Waals surface area contributed by atoms with Gasteiger partial charge < -0.3 is 10.6 Å². The number of hydrogen-bond donors (Lipinski definition) is 2. The van der Waals surface area contributed by atoms with Crippen LogP contribution in [0.15, 0.2) is 24.3 Å². The average molecular weight is 250 g/mol. The van der Waals surface area contributed by atoms with Crippen molar-refractivity contribution in [3.8, 4) is 0 Å². The molecule has 0 saturated carbocycles. The molecule has 2 rings (SSSR count). The van der Waals surface area contributed by atoms with Crippen LogP contribution in [0, 0.1) is 11.2 Å². The van der Waals surface area contributed by atoms with Gasteiger partial charge >= 0.3 is 0 Å². The summed E-state index contributed by atoms with van der Waals surface area (Å²) in [5.74, 6) is -0.279. The van der Waals surface area contributed by atoms with Crippen molar-refractivity contribution in [1.29, 1.82) is 0 Å². The smallest absolute Gasteiger partial charge is 0.224 e. The van der Waals surface area contributed by atoms with Crippen molar-refractivity contribution in [2.24, 2.45) is 5.41 Å². The number of hydrogen-bond acceptors (Lipinski definition) is 2. The highest BCUT2D eigenvalue weighted by Gasteiger charge is 2.28. The van der Waals surface area contributed by atoms with Crippen molar-refractivity contribution in [3.05, 3.63) is 35.6 Å². The fourth-order valence-corrected chi connectivity index (χ4v) is 2.18. The molecule has 0 radical (unpaired) electrons. The Morgan fingerprint density at radius 2 is 2.17 bits per heavy atom. The fourth-order valence-electron chi connectivity index (χ4n) is 2.18. The molecule has 0 aliphatic carbocycles. The summed E-state index contributed by atoms with van der Waals surface area (Å²) in [5.41, 5.74) is 1.00. The lowest BCUT2D eigenvalue weighted by Crippen LogP contribution is -2.37. The maximum absolute atomic E-state index is 12.7. The van der Waals surface area contributed by atoms with Gasteiger partial charge in [-0.15, -0.1) is 0 Å². The summed E-state index contributed by atoms with van der Waals surface area (Å²) in [6.07, 6.45) is 1.40. The van der Waals surface area contributed by atoms with Gasteiger partial charge in [-0.3, -0.25) is 4.79 Å². The molecule has 0 aromatic heterocycles. The molecule has 1 heterocycles. The third-order valence-corrected chi connectivity index (χ3v) is 3.45. The highest BCUT2D eigenvalue weighted by molar-refractivity contribution is 5.78. The molecule has 1 aliphatic heterocycles. The Morgan fingerprint density at radius 1 is 1.44 bits per heavy atom. The van der Waals surface area contributed by atoms with Crippen molar-refractivity contribution >= 4 is 5.91 Å². The second-order valence-electron chi connectivity index (χ2n) is 5.32. The van der Waals surface area contributed by atoms with Gasteiger partial charge in [0.2, 0.25) is 5.91 Å². The van der Waals surface area contributed by atoms with E-state index in [1.165, 1.54) is 12.1 Å². The highest BCUT2D eigenvalue weighted by atomic mass is 19.1. The fraction of sp³-hybridized carbons (Fsp3) is 0.500. The first kappa shape index (κ1) is 13.0. The predicted octanol–water partition coefficient (Wildman–Crippen LogP) is 1.48. The molecule has 1 saturated heterocycles. The molecular formula is C14H19FN2O. The van der Waals surface area contributed by atoms with Crippen LogP contribution in [0.3, 0.4) is 0 Å². The zero-order valence-corrected chi connectivity index (χ0v) is 10.6. The third kappa shape index (κ3) is 3.53. The number of nitrogens with one attached hydrogen (secondary N) is 2. The van der Waals surface area contributed by atoms with Crippen LogP contribution in [0.1, 0.15) is 18.9 Å². The maximum atomic E-state index is 12.7. The van der Waals surface area contributed by atoms with Gasteiger partial charge in [-0.25, -0.2) is 4.39 Å². The van der Waals surface area contributed by atoms with Gasteiger partial charge in [0, 0.05) is 13.1 Å². The maximum Gasteiger partial charge on any atom is 0.224 e. The first-order valence-corrected chi connectivity index (χ1v) is 6.29. The summed E-state index contributed by atoms with van der Waals surface area (Å²) in [6.45, 7) is 4.83. The topological polar surface area (TPSA) is 41.1 Å². The number of halogens is 1. The quantitative estimate of drug-likeness (QED) is 0.850. The third-order valence-electron chi connectivity index (χ3n) is 3.45. The van der Waals surface area contributed by atoms with Gasteiger partial charge in [0.1, 0.15) is 5.82 Å². The van der Waals surface area contributed by atoms with Gasteiger partial charge in [0.15, 0.2) is 0 Å². The molecule has 2 N–H and O–H groups in total. The Balaban J connectivity index is 1.80. The Hall–Kier alpha value is -1.42. The van der Waals surface area contributed by atoms with Crippen LogP contribution in [0.5, 0.6) is 0 Å². The van der Waals surface area contributed by atoms with Crippen LogP contribution in [-0.4, -0.2) is 25.5 Å². The first-order chi connectivity index (χ1) is 8.57. The molecule has 1 fully saturated rings. The van der Waals surface area contributed by atoms with Crippen molar-refractivity contribution in [1.82, 2.24) is 10.6 Å². The molecule has 1 atom stereocenters. The summed E-state index contributed by atoms with van der Waals surface area (Å²) in [6, 6.07) is 6.05. The van der Waals surface area contributed by atoms with E-state index in [1.807, 2.05) is 0 Å². The number of amides is 1. The van der Waals surface area contributed by atoms with Crippen LogP contribution < -0.4 is 10.6 Å². The molecule has 1 aliphatic rings. The minimum Gasteiger partial charge on any atom is -0.355 e. The lowest BCUT2D eigenvalue weighted by atomic mass is 9.90. The first-order valence-electron chi connectivity index (χ1n) is 6.29. The number of carbonyl (C=O) groups is 1. The second kappa shape index (κ2) is 5.48. The Labute approximate surface area is 107 Å². The van der Waals surface area contributed by atoms with E-state index in [0.717, 1.165) is 25.1 Å². The van der Waals surface area contributed by atoms with Gasteiger partial charge in [-0.2, -0.15) is 0 Å². The van der Waals surface area contributed by atoms with Gasteiger partial charge in [0.25, 0.3) is 0 Å². The minimum atomic E-state index is -0.274. The van der Waals surface area contributed by atoms with E-state index < -0.39 is 0 Å². The Morgan fingerprint density at radius 3 is 2.78 bits per heavy atom. The summed E-state index contributed by atoms with van der Waals surface area (Å²) >= 11 is 0. The van der Waals surface area contributed by atoms with Crippen LogP contribution >= 0.6 is 0 Å². The molecule has 1 amide bonds. The van der Waals surface area contributed by atoms with Crippen LogP contribution in [-0.2, 0) is 11.2 Å². The number of rotatable bonds is 4. The second-order valence-corrected chi connectivity index (χ2v) is 5.32. The molecule has 0 bridgehead atoms. The normalized spacial score (nSPS) is 23.0. The van der Waals surface area contributed by atoms with E-state index in [0.29, 0.717) is 13.0 Å². The SMILES string of the molecule is CC1(CNC(=O)Cc2ccc(F)cc2)CCNC1.